The van der Waals surface area contributed by atoms with Gasteiger partial charge in [0.15, 0.2) is 21.4 Å². The average molecular weight is 330 g/mol. The van der Waals surface area contributed by atoms with Crippen LogP contribution in [0.15, 0.2) is 60.7 Å². The molecule has 2 aromatic rings. The van der Waals surface area contributed by atoms with Gasteiger partial charge in [0.2, 0.25) is 0 Å². The van der Waals surface area contributed by atoms with E-state index in [1.807, 2.05) is 0 Å². The van der Waals surface area contributed by atoms with Crippen molar-refractivity contribution in [1.82, 2.24) is 0 Å². The molecule has 23 heavy (non-hydrogen) atoms. The fourth-order valence-electron chi connectivity index (χ4n) is 2.28. The second-order valence-corrected chi connectivity index (χ2v) is 7.93. The Balaban J connectivity index is 2.27. The minimum atomic E-state index is -3.93. The van der Waals surface area contributed by atoms with E-state index in [-0.39, 0.29) is 0 Å². The monoisotopic (exact) mass is 330 g/mol. The maximum absolute atomic E-state index is 12.6. The molecule has 0 amide bonds. The Morgan fingerprint density at radius 3 is 1.30 bits per heavy atom. The highest BCUT2D eigenvalue weighted by Gasteiger charge is 2.37. The van der Waals surface area contributed by atoms with Crippen LogP contribution in [-0.2, 0) is 9.84 Å². The molecule has 0 fully saturated rings. The minimum absolute atomic E-state index is 0.322. The molecule has 2 rings (SSSR count). The van der Waals surface area contributed by atoms with Crippen LogP contribution in [0, 0.1) is 0 Å². The molecule has 0 aliphatic heterocycles. The number of carbonyl (C=O) groups excluding carboxylic acids is 2. The van der Waals surface area contributed by atoms with Gasteiger partial charge in [-0.05, 0) is 13.8 Å². The first kappa shape index (κ1) is 17.1. The second-order valence-electron chi connectivity index (χ2n) is 5.33. The average Bonchev–Trinajstić information content (AvgIpc) is 2.60. The fourth-order valence-corrected chi connectivity index (χ4v) is 3.76. The van der Waals surface area contributed by atoms with Gasteiger partial charge in [0, 0.05) is 11.1 Å². The molecule has 0 aromatic heterocycles. The van der Waals surface area contributed by atoms with E-state index >= 15 is 0 Å². The lowest BCUT2D eigenvalue weighted by atomic mass is 10.1. The smallest absolute Gasteiger partial charge is 0.180 e. The van der Waals surface area contributed by atoms with Crippen LogP contribution in [0.3, 0.4) is 0 Å². The van der Waals surface area contributed by atoms with Crippen LogP contribution in [0.25, 0.3) is 0 Å². The summed E-state index contributed by atoms with van der Waals surface area (Å²) in [5.41, 5.74) is 0.644. The van der Waals surface area contributed by atoms with Gasteiger partial charge < -0.3 is 0 Å². The molecule has 0 N–H and O–H groups in total. The minimum Gasteiger partial charge on any atom is -0.293 e. The molecule has 0 heterocycles. The summed E-state index contributed by atoms with van der Waals surface area (Å²) in [5, 5.41) is -2.54. The van der Waals surface area contributed by atoms with E-state index in [9.17, 15) is 18.0 Å². The standard InChI is InChI=1S/C18H18O4S/c1-13(17(19)15-9-5-3-6-10-15)23(21,22)14(2)18(20)16-11-7-4-8-12-16/h3-14H,1-2H3. The molecule has 0 aliphatic carbocycles. The van der Waals surface area contributed by atoms with Crippen molar-refractivity contribution in [3.63, 3.8) is 0 Å². The topological polar surface area (TPSA) is 68.3 Å². The third-order valence-electron chi connectivity index (χ3n) is 3.84. The summed E-state index contributed by atoms with van der Waals surface area (Å²) in [6.07, 6.45) is 0. The second kappa shape index (κ2) is 6.87. The molecule has 2 unspecified atom stereocenters. The Hall–Kier alpha value is -2.27. The summed E-state index contributed by atoms with van der Waals surface area (Å²) >= 11 is 0. The Bertz CT molecular complexity index is 732. The molecule has 2 atom stereocenters. The summed E-state index contributed by atoms with van der Waals surface area (Å²) in [6, 6.07) is 16.5. The number of benzene rings is 2. The summed E-state index contributed by atoms with van der Waals surface area (Å²) in [6.45, 7) is 2.67. The number of Topliss-reactive ketones (excluding diaryl/α,β-unsaturated/α-hetero) is 2. The third kappa shape index (κ3) is 3.56. The van der Waals surface area contributed by atoms with Crippen LogP contribution < -0.4 is 0 Å². The Morgan fingerprint density at radius 1 is 0.696 bits per heavy atom. The first-order valence-corrected chi connectivity index (χ1v) is 8.88. The first-order chi connectivity index (χ1) is 10.9. The molecule has 0 bridgehead atoms. The highest BCUT2D eigenvalue weighted by atomic mass is 32.2. The van der Waals surface area contributed by atoms with Crippen LogP contribution in [-0.4, -0.2) is 30.5 Å². The van der Waals surface area contributed by atoms with Gasteiger partial charge in [0.25, 0.3) is 0 Å². The van der Waals surface area contributed by atoms with Gasteiger partial charge in [0.05, 0.1) is 0 Å². The van der Waals surface area contributed by atoms with E-state index in [4.69, 9.17) is 0 Å². The maximum Gasteiger partial charge on any atom is 0.180 e. The first-order valence-electron chi connectivity index (χ1n) is 7.27. The highest BCUT2D eigenvalue weighted by Crippen LogP contribution is 2.18. The number of hydrogen-bond donors (Lipinski definition) is 0. The van der Waals surface area contributed by atoms with Crippen molar-refractivity contribution in [3.05, 3.63) is 71.8 Å². The normalized spacial score (nSPS) is 14.0. The lowest BCUT2D eigenvalue weighted by Gasteiger charge is -2.17. The third-order valence-corrected chi connectivity index (χ3v) is 6.24. The van der Waals surface area contributed by atoms with Gasteiger partial charge in [-0.3, -0.25) is 9.59 Å². The predicted molar refractivity (Wildman–Crippen MR) is 89.4 cm³/mol. The molecule has 0 aliphatic rings. The van der Waals surface area contributed by atoms with Crippen molar-refractivity contribution in [2.45, 2.75) is 24.3 Å². The van der Waals surface area contributed by atoms with Gasteiger partial charge in [-0.1, -0.05) is 60.7 Å². The van der Waals surface area contributed by atoms with Crippen LogP contribution in [0.1, 0.15) is 34.6 Å². The van der Waals surface area contributed by atoms with Gasteiger partial charge in [0.1, 0.15) is 10.5 Å². The van der Waals surface area contributed by atoms with E-state index in [1.165, 1.54) is 13.8 Å². The predicted octanol–water partition coefficient (Wildman–Crippen LogP) is 2.94. The summed E-state index contributed by atoms with van der Waals surface area (Å²) in [4.78, 5) is 24.7. The van der Waals surface area contributed by atoms with Crippen LogP contribution in [0.5, 0.6) is 0 Å². The van der Waals surface area contributed by atoms with Crippen molar-refractivity contribution >= 4 is 21.4 Å². The van der Waals surface area contributed by atoms with Crippen LogP contribution in [0.4, 0.5) is 0 Å². The van der Waals surface area contributed by atoms with Crippen LogP contribution in [0.2, 0.25) is 0 Å². The molecule has 0 spiro atoms. The van der Waals surface area contributed by atoms with E-state index < -0.39 is 31.9 Å². The molecular weight excluding hydrogens is 312 g/mol. The van der Waals surface area contributed by atoms with Gasteiger partial charge >= 0.3 is 0 Å². The Labute approximate surface area is 136 Å². The molecule has 5 heteroatoms. The zero-order valence-corrected chi connectivity index (χ0v) is 13.8. The largest absolute Gasteiger partial charge is 0.293 e. The lowest BCUT2D eigenvalue weighted by Crippen LogP contribution is -2.38. The van der Waals surface area contributed by atoms with Crippen molar-refractivity contribution in [2.24, 2.45) is 0 Å². The number of carbonyl (C=O) groups is 2. The number of rotatable bonds is 6. The van der Waals surface area contributed by atoms with E-state index in [1.54, 1.807) is 60.7 Å². The number of ketones is 2. The fraction of sp³-hybridized carbons (Fsp3) is 0.222. The Kier molecular flexibility index (Phi) is 5.11. The molecule has 2 aromatic carbocycles. The molecular formula is C18H18O4S. The number of hydrogen-bond acceptors (Lipinski definition) is 4. The Morgan fingerprint density at radius 2 is 1.00 bits per heavy atom. The summed E-state index contributed by atoms with van der Waals surface area (Å²) < 4.78 is 25.2. The highest BCUT2D eigenvalue weighted by molar-refractivity contribution is 7.94. The van der Waals surface area contributed by atoms with E-state index in [2.05, 4.69) is 0 Å². The lowest BCUT2D eigenvalue weighted by molar-refractivity contribution is 0.0987. The molecule has 120 valence electrons. The quantitative estimate of drug-likeness (QED) is 0.764. The molecule has 0 radical (unpaired) electrons. The number of sulfone groups is 1. The van der Waals surface area contributed by atoms with Gasteiger partial charge in [-0.25, -0.2) is 8.42 Å². The maximum atomic E-state index is 12.6. The SMILES string of the molecule is CC(C(=O)c1ccccc1)S(=O)(=O)C(C)C(=O)c1ccccc1. The van der Waals surface area contributed by atoms with Crippen molar-refractivity contribution in [3.8, 4) is 0 Å². The summed E-state index contributed by atoms with van der Waals surface area (Å²) in [7, 11) is -3.93. The van der Waals surface area contributed by atoms with Crippen molar-refractivity contribution in [1.29, 1.82) is 0 Å². The van der Waals surface area contributed by atoms with Crippen LogP contribution >= 0.6 is 0 Å². The molecule has 0 saturated carbocycles. The van der Waals surface area contributed by atoms with Crippen molar-refractivity contribution < 1.29 is 18.0 Å². The van der Waals surface area contributed by atoms with Gasteiger partial charge in [-0.15, -0.1) is 0 Å². The van der Waals surface area contributed by atoms with E-state index in [0.717, 1.165) is 0 Å². The zero-order chi connectivity index (χ0) is 17.0. The summed E-state index contributed by atoms with van der Waals surface area (Å²) in [5.74, 6) is -1.00. The molecule has 0 saturated heterocycles. The van der Waals surface area contributed by atoms with Gasteiger partial charge in [-0.2, -0.15) is 0 Å². The van der Waals surface area contributed by atoms with Crippen molar-refractivity contribution in [2.75, 3.05) is 0 Å². The zero-order valence-electron chi connectivity index (χ0n) is 13.0. The molecule has 4 nitrogen and oxygen atoms in total. The van der Waals surface area contributed by atoms with E-state index in [0.29, 0.717) is 11.1 Å².